The number of esters is 1. The number of carbonyl (C=O) groups excluding carboxylic acids is 3. The van der Waals surface area contributed by atoms with Gasteiger partial charge in [-0.1, -0.05) is 23.5 Å². The average Bonchev–Trinajstić information content (AvgIpc) is 3.42. The molecule has 0 aliphatic carbocycles. The molecule has 0 saturated carbocycles. The molecule has 0 saturated heterocycles. The van der Waals surface area contributed by atoms with Crippen molar-refractivity contribution in [2.24, 2.45) is 7.05 Å². The van der Waals surface area contributed by atoms with Crippen molar-refractivity contribution in [1.82, 2.24) is 9.47 Å². The van der Waals surface area contributed by atoms with Crippen LogP contribution in [0, 0.1) is 0 Å². The topological polar surface area (TPSA) is 98.1 Å². The molecule has 200 valence electrons. The molecule has 38 heavy (non-hydrogen) atoms. The predicted molar refractivity (Wildman–Crippen MR) is 133 cm³/mol. The first kappa shape index (κ1) is 26.9. The number of halogens is 3. The Kier molecular flexibility index (Phi) is 7.31. The van der Waals surface area contributed by atoms with E-state index < -0.39 is 47.6 Å². The van der Waals surface area contributed by atoms with E-state index in [1.54, 1.807) is 32.3 Å². The number of aromatic nitrogens is 1. The lowest BCUT2D eigenvalue weighted by molar-refractivity contribution is -0.145. The van der Waals surface area contributed by atoms with Crippen molar-refractivity contribution >= 4 is 45.5 Å². The fraction of sp³-hybridized carbons (Fsp3) is 0.280. The molecule has 1 unspecified atom stereocenters. The molecule has 9 nitrogen and oxygen atoms in total. The third-order valence-corrected chi connectivity index (χ3v) is 7.01. The van der Waals surface area contributed by atoms with Gasteiger partial charge in [0.15, 0.2) is 0 Å². The number of ether oxygens (including phenoxy) is 2. The van der Waals surface area contributed by atoms with E-state index in [0.717, 1.165) is 23.5 Å². The predicted octanol–water partition coefficient (Wildman–Crippen LogP) is 3.62. The molecule has 2 amide bonds. The summed E-state index contributed by atoms with van der Waals surface area (Å²) >= 11 is 1.02. The quantitative estimate of drug-likeness (QED) is 0.146. The molecule has 0 bridgehead atoms. The highest BCUT2D eigenvalue weighted by atomic mass is 32.1. The number of hydrogen-bond donors (Lipinski definition) is 0. The van der Waals surface area contributed by atoms with Crippen molar-refractivity contribution in [3.63, 3.8) is 0 Å². The first-order valence-electron chi connectivity index (χ1n) is 11.3. The number of amides is 2. The van der Waals surface area contributed by atoms with Crippen molar-refractivity contribution in [3.8, 4) is 5.75 Å². The zero-order chi connectivity index (χ0) is 27.8. The number of rotatable bonds is 7. The monoisotopic (exact) mass is 549 g/mol. The standard InChI is InChI=1S/C25H22F3N3O6S/c1-4-36-23(34)16(11-29(2)14-8-9-18-20(10-14)38-24(35)30(18)3)22(33)31(13-32)19-12-37-21-15(19)6-5-7-17(21)25(26,27)28/h5-11,13,19H,4,12H2,1-3H3/b16-11+. The Hall–Kier alpha value is -4.13. The molecule has 0 spiro atoms. The van der Waals surface area contributed by atoms with Gasteiger partial charge in [0.25, 0.3) is 5.91 Å². The van der Waals surface area contributed by atoms with Gasteiger partial charge in [-0.05, 0) is 31.2 Å². The Balaban J connectivity index is 1.71. The zero-order valence-electron chi connectivity index (χ0n) is 20.4. The number of imide groups is 1. The molecule has 1 atom stereocenters. The number of nitrogens with zero attached hydrogens (tertiary/aromatic N) is 3. The Bertz CT molecular complexity index is 1510. The van der Waals surface area contributed by atoms with Crippen LogP contribution in [0.1, 0.15) is 24.1 Å². The van der Waals surface area contributed by atoms with Gasteiger partial charge >= 0.3 is 17.0 Å². The molecule has 1 aliphatic heterocycles. The fourth-order valence-electron chi connectivity index (χ4n) is 4.10. The molecular weight excluding hydrogens is 527 g/mol. The van der Waals surface area contributed by atoms with Crippen LogP contribution in [0.25, 0.3) is 10.2 Å². The van der Waals surface area contributed by atoms with E-state index >= 15 is 0 Å². The van der Waals surface area contributed by atoms with Crippen LogP contribution in [0.2, 0.25) is 0 Å². The minimum Gasteiger partial charge on any atom is -0.490 e. The largest absolute Gasteiger partial charge is 0.490 e. The number of fused-ring (bicyclic) bond motifs is 2. The van der Waals surface area contributed by atoms with Crippen LogP contribution in [0.5, 0.6) is 5.75 Å². The molecule has 13 heteroatoms. The summed E-state index contributed by atoms with van der Waals surface area (Å²) < 4.78 is 52.7. The highest BCUT2D eigenvalue weighted by Crippen LogP contribution is 2.45. The van der Waals surface area contributed by atoms with Gasteiger partial charge in [-0.15, -0.1) is 0 Å². The van der Waals surface area contributed by atoms with Gasteiger partial charge in [-0.2, -0.15) is 13.2 Å². The van der Waals surface area contributed by atoms with E-state index in [0.29, 0.717) is 20.8 Å². The molecule has 2 heterocycles. The minimum atomic E-state index is -4.71. The number of alkyl halides is 3. The number of benzene rings is 2. The smallest absolute Gasteiger partial charge is 0.419 e. The van der Waals surface area contributed by atoms with Gasteiger partial charge in [-0.25, -0.2) is 4.79 Å². The molecule has 0 N–H and O–H groups in total. The second-order valence-electron chi connectivity index (χ2n) is 8.32. The lowest BCUT2D eigenvalue weighted by Crippen LogP contribution is -2.38. The number of hydrogen-bond acceptors (Lipinski definition) is 8. The van der Waals surface area contributed by atoms with Gasteiger partial charge in [-0.3, -0.25) is 19.3 Å². The molecule has 2 aromatic carbocycles. The first-order valence-corrected chi connectivity index (χ1v) is 12.1. The van der Waals surface area contributed by atoms with Gasteiger partial charge in [0.1, 0.15) is 24.0 Å². The molecule has 0 fully saturated rings. The lowest BCUT2D eigenvalue weighted by atomic mass is 10.0. The second-order valence-corrected chi connectivity index (χ2v) is 9.31. The number of para-hydroxylation sites is 1. The second kappa shape index (κ2) is 10.3. The van der Waals surface area contributed by atoms with E-state index in [1.807, 2.05) is 0 Å². The van der Waals surface area contributed by atoms with Gasteiger partial charge in [0.05, 0.1) is 22.4 Å². The molecule has 4 rings (SSSR count). The van der Waals surface area contributed by atoms with E-state index in [-0.39, 0.29) is 23.5 Å². The van der Waals surface area contributed by atoms with Crippen LogP contribution < -0.4 is 14.5 Å². The summed E-state index contributed by atoms with van der Waals surface area (Å²) in [4.78, 5) is 52.2. The normalized spacial score (nSPS) is 15.1. The number of carbonyl (C=O) groups is 3. The Morgan fingerprint density at radius 3 is 2.66 bits per heavy atom. The third kappa shape index (κ3) is 4.88. The van der Waals surface area contributed by atoms with Gasteiger partial charge in [0, 0.05) is 31.5 Å². The van der Waals surface area contributed by atoms with Crippen molar-refractivity contribution in [2.45, 2.75) is 19.1 Å². The third-order valence-electron chi connectivity index (χ3n) is 6.01. The summed E-state index contributed by atoms with van der Waals surface area (Å²) in [7, 11) is 3.19. The van der Waals surface area contributed by atoms with E-state index in [1.165, 1.54) is 28.7 Å². The summed E-state index contributed by atoms with van der Waals surface area (Å²) in [5.74, 6) is -2.57. The number of thiazole rings is 1. The van der Waals surface area contributed by atoms with Crippen LogP contribution in [0.15, 0.2) is 53.0 Å². The summed E-state index contributed by atoms with van der Waals surface area (Å²) in [6.45, 7) is 1.05. The Morgan fingerprint density at radius 2 is 2.00 bits per heavy atom. The van der Waals surface area contributed by atoms with Gasteiger partial charge < -0.3 is 18.9 Å². The molecular formula is C25H22F3N3O6S. The first-order chi connectivity index (χ1) is 18.0. The summed E-state index contributed by atoms with van der Waals surface area (Å²) in [6.07, 6.45) is -3.39. The van der Waals surface area contributed by atoms with Crippen molar-refractivity contribution < 1.29 is 37.0 Å². The van der Waals surface area contributed by atoms with Crippen molar-refractivity contribution in [3.05, 3.63) is 69.0 Å². The van der Waals surface area contributed by atoms with Crippen LogP contribution in [0.3, 0.4) is 0 Å². The lowest BCUT2D eigenvalue weighted by Gasteiger charge is -2.24. The maximum absolute atomic E-state index is 13.5. The van der Waals surface area contributed by atoms with Crippen LogP contribution in [-0.2, 0) is 32.3 Å². The highest BCUT2D eigenvalue weighted by Gasteiger charge is 2.42. The van der Waals surface area contributed by atoms with Crippen molar-refractivity contribution in [2.75, 3.05) is 25.2 Å². The molecule has 1 aromatic heterocycles. The van der Waals surface area contributed by atoms with E-state index in [9.17, 15) is 32.3 Å². The molecule has 3 aromatic rings. The van der Waals surface area contributed by atoms with Gasteiger partial charge in [0.2, 0.25) is 6.41 Å². The number of anilines is 1. The van der Waals surface area contributed by atoms with Crippen LogP contribution in [-0.4, -0.2) is 48.0 Å². The van der Waals surface area contributed by atoms with Crippen molar-refractivity contribution in [1.29, 1.82) is 0 Å². The maximum atomic E-state index is 13.5. The minimum absolute atomic E-state index is 0.0127. The summed E-state index contributed by atoms with van der Waals surface area (Å²) in [5, 5.41) is 0. The molecule has 0 radical (unpaired) electrons. The SMILES string of the molecule is CCOC(=O)/C(=C/N(C)c1ccc2c(c1)sc(=O)n2C)C(=O)N(C=O)C1COc2c1cccc2C(F)(F)F. The average molecular weight is 550 g/mol. The summed E-state index contributed by atoms with van der Waals surface area (Å²) in [5.41, 5.74) is -0.344. The van der Waals surface area contributed by atoms with Crippen LogP contribution >= 0.6 is 11.3 Å². The van der Waals surface area contributed by atoms with Crippen LogP contribution in [0.4, 0.5) is 18.9 Å². The van der Waals surface area contributed by atoms with E-state index in [2.05, 4.69) is 0 Å². The summed E-state index contributed by atoms with van der Waals surface area (Å²) in [6, 6.07) is 7.21. The maximum Gasteiger partial charge on any atom is 0.419 e. The Labute approximate surface area is 218 Å². The van der Waals surface area contributed by atoms with E-state index in [4.69, 9.17) is 9.47 Å². The number of aryl methyl sites for hydroxylation is 1. The fourth-order valence-corrected chi connectivity index (χ4v) is 5.01. The Morgan fingerprint density at radius 1 is 1.26 bits per heavy atom. The highest BCUT2D eigenvalue weighted by molar-refractivity contribution is 7.16. The molecule has 1 aliphatic rings. The zero-order valence-corrected chi connectivity index (χ0v) is 21.3.